The van der Waals surface area contributed by atoms with Crippen molar-refractivity contribution in [1.82, 2.24) is 9.58 Å². The van der Waals surface area contributed by atoms with Gasteiger partial charge >= 0.3 is 0 Å². The first kappa shape index (κ1) is 21.4. The van der Waals surface area contributed by atoms with E-state index in [1.807, 2.05) is 7.05 Å². The summed E-state index contributed by atoms with van der Waals surface area (Å²) in [6.07, 6.45) is 3.07. The van der Waals surface area contributed by atoms with Gasteiger partial charge in [0.05, 0.1) is 24.6 Å². The van der Waals surface area contributed by atoms with Gasteiger partial charge in [0.25, 0.3) is 0 Å². The molecule has 6 heteroatoms. The lowest BCUT2D eigenvalue weighted by atomic mass is 9.91. The number of hydrogen-bond acceptors (Lipinski definition) is 4. The summed E-state index contributed by atoms with van der Waals surface area (Å²) in [5, 5.41) is 0. The highest BCUT2D eigenvalue weighted by Crippen LogP contribution is 2.49. The van der Waals surface area contributed by atoms with Gasteiger partial charge in [-0.05, 0) is 75.8 Å². The average Bonchev–Trinajstić information content (AvgIpc) is 3.48. The Labute approximate surface area is 180 Å². The summed E-state index contributed by atoms with van der Waals surface area (Å²) >= 11 is 0. The van der Waals surface area contributed by atoms with Gasteiger partial charge < -0.3 is 10.3 Å². The Morgan fingerprint density at radius 2 is 2.07 bits per heavy atom. The zero-order chi connectivity index (χ0) is 21.6. The third kappa shape index (κ3) is 3.78. The van der Waals surface area contributed by atoms with Crippen LogP contribution in [0, 0.1) is 37.5 Å². The predicted octanol–water partition coefficient (Wildman–Crippen LogP) is 3.69. The molecule has 30 heavy (non-hydrogen) atoms. The largest absolute Gasteiger partial charge is 0.355 e. The molecule has 1 saturated heterocycles. The van der Waals surface area contributed by atoms with Crippen LogP contribution in [0.15, 0.2) is 22.1 Å². The zero-order valence-electron chi connectivity index (χ0n) is 19.4. The average molecular weight is 416 g/mol. The van der Waals surface area contributed by atoms with Gasteiger partial charge in [-0.25, -0.2) is 4.68 Å². The van der Waals surface area contributed by atoms with Crippen LogP contribution < -0.4 is 10.9 Å². The molecule has 4 rings (SSSR count). The normalized spacial score (nSPS) is 35.0. The molecule has 1 aliphatic carbocycles. The standard InChI is InChI=1S/C24H38FN5/c1-14-7-8-16(3)30(26-6)24(14)27-17(4)20-11-21(20)23-18(5)29-13-15(2)19(12-25)9-10-22(29)28-23/h7-8,15,17-21,23,26H,9-13H2,1-6H3/t15?,17?,18?,19?,20?,21-,23?/m1/s1. The van der Waals surface area contributed by atoms with Crippen LogP contribution in [0.25, 0.3) is 0 Å². The first-order chi connectivity index (χ1) is 14.3. The number of nitrogens with one attached hydrogen (secondary N) is 1. The molecule has 7 atom stereocenters. The lowest BCUT2D eigenvalue weighted by molar-refractivity contribution is 0.212. The Morgan fingerprint density at radius 3 is 2.77 bits per heavy atom. The second-order valence-electron chi connectivity index (χ2n) is 9.83. The molecule has 0 spiro atoms. The number of nitrogens with zero attached hydrogens (tertiary/aromatic N) is 4. The molecule has 0 amide bonds. The molecule has 0 radical (unpaired) electrons. The maximum Gasteiger partial charge on any atom is 0.149 e. The van der Waals surface area contributed by atoms with Gasteiger partial charge in [-0.15, -0.1) is 0 Å². The molecular formula is C24H38FN5. The summed E-state index contributed by atoms with van der Waals surface area (Å²) in [6, 6.07) is 5.34. The van der Waals surface area contributed by atoms with Crippen molar-refractivity contribution in [2.45, 2.75) is 72.0 Å². The summed E-state index contributed by atoms with van der Waals surface area (Å²) in [6.45, 7) is 11.8. The SMILES string of the molecule is CNn1c(C)ccc(C)c1=NC(C)C1C[C@H]1C1N=C2CCC(CF)C(C)CN2C1C. The Balaban J connectivity index is 1.50. The zero-order valence-corrected chi connectivity index (χ0v) is 19.4. The highest BCUT2D eigenvalue weighted by molar-refractivity contribution is 5.85. The monoisotopic (exact) mass is 415 g/mol. The molecule has 166 valence electrons. The van der Waals surface area contributed by atoms with E-state index < -0.39 is 0 Å². The number of amidine groups is 1. The molecule has 2 fully saturated rings. The molecule has 1 aromatic heterocycles. The van der Waals surface area contributed by atoms with Crippen molar-refractivity contribution in [1.29, 1.82) is 0 Å². The van der Waals surface area contributed by atoms with Gasteiger partial charge in [-0.3, -0.25) is 14.4 Å². The Morgan fingerprint density at radius 1 is 1.30 bits per heavy atom. The minimum absolute atomic E-state index is 0.188. The number of rotatable bonds is 5. The quantitative estimate of drug-likeness (QED) is 0.797. The summed E-state index contributed by atoms with van der Waals surface area (Å²) in [7, 11) is 1.94. The van der Waals surface area contributed by atoms with Crippen molar-refractivity contribution in [3.05, 3.63) is 28.9 Å². The number of fused-ring (bicyclic) bond motifs is 1. The van der Waals surface area contributed by atoms with E-state index in [1.165, 1.54) is 17.8 Å². The highest BCUT2D eigenvalue weighted by atomic mass is 19.1. The topological polar surface area (TPSA) is 44.9 Å². The first-order valence-corrected chi connectivity index (χ1v) is 11.7. The van der Waals surface area contributed by atoms with E-state index in [4.69, 9.17) is 9.98 Å². The molecule has 6 unspecified atom stereocenters. The van der Waals surface area contributed by atoms with Gasteiger partial charge in [0, 0.05) is 31.7 Å². The fraction of sp³-hybridized carbons (Fsp3) is 0.750. The van der Waals surface area contributed by atoms with E-state index in [9.17, 15) is 4.39 Å². The Hall–Kier alpha value is -1.85. The van der Waals surface area contributed by atoms with E-state index in [-0.39, 0.29) is 18.6 Å². The summed E-state index contributed by atoms with van der Waals surface area (Å²) in [5.74, 6) is 3.01. The Bertz CT molecular complexity index is 875. The van der Waals surface area contributed by atoms with Crippen LogP contribution in [-0.4, -0.2) is 53.8 Å². The molecule has 0 aromatic carbocycles. The van der Waals surface area contributed by atoms with E-state index in [0.29, 0.717) is 29.8 Å². The van der Waals surface area contributed by atoms with Crippen molar-refractivity contribution in [2.24, 2.45) is 33.7 Å². The van der Waals surface area contributed by atoms with Crippen molar-refractivity contribution in [3.8, 4) is 0 Å². The molecule has 1 N–H and O–H groups in total. The minimum atomic E-state index is -0.200. The number of aromatic nitrogens is 1. The third-order valence-electron chi connectivity index (χ3n) is 7.83. The van der Waals surface area contributed by atoms with Crippen LogP contribution >= 0.6 is 0 Å². The molecule has 2 aliphatic heterocycles. The molecule has 1 aromatic rings. The van der Waals surface area contributed by atoms with Crippen LogP contribution in [-0.2, 0) is 0 Å². The summed E-state index contributed by atoms with van der Waals surface area (Å²) in [5.41, 5.74) is 6.64. The van der Waals surface area contributed by atoms with Gasteiger partial charge in [-0.2, -0.15) is 0 Å². The molecule has 3 heterocycles. The molecule has 3 aliphatic rings. The molecule has 5 nitrogen and oxygen atoms in total. The number of pyridine rings is 1. The second kappa shape index (κ2) is 8.35. The van der Waals surface area contributed by atoms with Crippen molar-refractivity contribution in [2.75, 3.05) is 25.7 Å². The summed E-state index contributed by atoms with van der Waals surface area (Å²) < 4.78 is 15.4. The van der Waals surface area contributed by atoms with E-state index >= 15 is 0 Å². The predicted molar refractivity (Wildman–Crippen MR) is 121 cm³/mol. The van der Waals surface area contributed by atoms with Crippen LogP contribution in [0.3, 0.4) is 0 Å². The molecular weight excluding hydrogens is 377 g/mol. The van der Waals surface area contributed by atoms with E-state index in [0.717, 1.165) is 30.6 Å². The lowest BCUT2D eigenvalue weighted by Gasteiger charge is -2.29. The fourth-order valence-corrected chi connectivity index (χ4v) is 5.65. The van der Waals surface area contributed by atoms with Crippen LogP contribution in [0.2, 0.25) is 0 Å². The van der Waals surface area contributed by atoms with E-state index in [2.05, 4.69) is 61.8 Å². The molecule has 1 saturated carbocycles. The van der Waals surface area contributed by atoms with Gasteiger partial charge in [0.15, 0.2) is 0 Å². The number of alkyl halides is 1. The number of hydrogen-bond donors (Lipinski definition) is 1. The fourth-order valence-electron chi connectivity index (χ4n) is 5.65. The highest BCUT2D eigenvalue weighted by Gasteiger charge is 2.51. The van der Waals surface area contributed by atoms with Crippen LogP contribution in [0.4, 0.5) is 4.39 Å². The third-order valence-corrected chi connectivity index (χ3v) is 7.83. The Kier molecular flexibility index (Phi) is 5.95. The second-order valence-corrected chi connectivity index (χ2v) is 9.83. The van der Waals surface area contributed by atoms with Crippen molar-refractivity contribution < 1.29 is 4.39 Å². The molecule has 0 bridgehead atoms. The van der Waals surface area contributed by atoms with Crippen molar-refractivity contribution >= 4 is 5.84 Å². The lowest BCUT2D eigenvalue weighted by Crippen LogP contribution is -2.40. The van der Waals surface area contributed by atoms with Crippen molar-refractivity contribution in [3.63, 3.8) is 0 Å². The summed E-state index contributed by atoms with van der Waals surface area (Å²) in [4.78, 5) is 12.8. The van der Waals surface area contributed by atoms with Crippen LogP contribution in [0.1, 0.15) is 51.3 Å². The van der Waals surface area contributed by atoms with Gasteiger partial charge in [0.1, 0.15) is 5.49 Å². The van der Waals surface area contributed by atoms with Crippen LogP contribution in [0.5, 0.6) is 0 Å². The number of halogens is 1. The van der Waals surface area contributed by atoms with Gasteiger partial charge in [-0.1, -0.05) is 13.0 Å². The smallest absolute Gasteiger partial charge is 0.149 e. The first-order valence-electron chi connectivity index (χ1n) is 11.7. The maximum absolute atomic E-state index is 13.3. The number of aliphatic imine (C=N–C) groups is 1. The maximum atomic E-state index is 13.3. The van der Waals surface area contributed by atoms with Gasteiger partial charge in [0.2, 0.25) is 0 Å². The minimum Gasteiger partial charge on any atom is -0.355 e. The number of aryl methyl sites for hydroxylation is 2. The van der Waals surface area contributed by atoms with E-state index in [1.54, 1.807) is 0 Å².